The Morgan fingerprint density at radius 1 is 1.37 bits per heavy atom. The first-order chi connectivity index (χ1) is 9.06. The molecule has 1 aromatic heterocycles. The van der Waals surface area contributed by atoms with Gasteiger partial charge >= 0.3 is 0 Å². The molecule has 19 heavy (non-hydrogen) atoms. The Labute approximate surface area is 123 Å². The average Bonchev–Trinajstić information content (AvgIpc) is 2.85. The van der Waals surface area contributed by atoms with Crippen LogP contribution in [-0.4, -0.2) is 22.8 Å². The molecule has 3 nitrogen and oxygen atoms in total. The van der Waals surface area contributed by atoms with Crippen LogP contribution >= 0.6 is 15.9 Å². The molecule has 2 rings (SSSR count). The molecule has 0 bridgehead atoms. The predicted octanol–water partition coefficient (Wildman–Crippen LogP) is 3.38. The minimum atomic E-state index is -0.00257. The number of carbonyl (C=O) groups excluding carboxylic acids is 1. The second-order valence-corrected chi connectivity index (χ2v) is 6.17. The molecule has 1 aromatic rings. The number of carbonyl (C=O) groups is 1. The van der Waals surface area contributed by atoms with Gasteiger partial charge in [-0.25, -0.2) is 0 Å². The van der Waals surface area contributed by atoms with E-state index in [1.165, 1.54) is 25.7 Å². The normalized spacial score (nSPS) is 17.4. The van der Waals surface area contributed by atoms with Gasteiger partial charge in [0, 0.05) is 17.6 Å². The summed E-state index contributed by atoms with van der Waals surface area (Å²) in [7, 11) is 0. The molecule has 1 heterocycles. The number of alkyl halides is 1. The number of pyridine rings is 1. The largest absolute Gasteiger partial charge is 0.351 e. The van der Waals surface area contributed by atoms with E-state index in [0.717, 1.165) is 23.3 Å². The Kier molecular flexibility index (Phi) is 4.61. The molecule has 0 aromatic carbocycles. The maximum atomic E-state index is 12.2. The van der Waals surface area contributed by atoms with E-state index in [4.69, 9.17) is 0 Å². The van der Waals surface area contributed by atoms with Crippen molar-refractivity contribution < 1.29 is 4.79 Å². The van der Waals surface area contributed by atoms with Crippen molar-refractivity contribution in [2.75, 3.05) is 11.9 Å². The summed E-state index contributed by atoms with van der Waals surface area (Å²) in [6, 6.07) is 3.75. The first-order valence-corrected chi connectivity index (χ1v) is 7.97. The molecule has 1 fully saturated rings. The van der Waals surface area contributed by atoms with Crippen LogP contribution in [0.1, 0.15) is 47.4 Å². The van der Waals surface area contributed by atoms with Gasteiger partial charge < -0.3 is 5.32 Å². The lowest BCUT2D eigenvalue weighted by molar-refractivity contribution is 0.0934. The summed E-state index contributed by atoms with van der Waals surface area (Å²) >= 11 is 3.60. The molecular formula is C15H21BrN2O. The second-order valence-electron chi connectivity index (χ2n) is 5.61. The van der Waals surface area contributed by atoms with Crippen molar-refractivity contribution in [2.45, 2.75) is 39.5 Å². The first-order valence-electron chi connectivity index (χ1n) is 6.85. The number of nitrogens with zero attached hydrogens (tertiary/aromatic N) is 1. The lowest BCUT2D eigenvalue weighted by Gasteiger charge is -2.26. The minimum absolute atomic E-state index is 0.00257. The number of hydrogen-bond donors (Lipinski definition) is 1. The maximum Gasteiger partial charge on any atom is 0.253 e. The SMILES string of the molecule is Cc1ccc(C(=O)NCC2(CBr)CCCC2)c(C)n1. The molecular weight excluding hydrogens is 304 g/mol. The van der Waals surface area contributed by atoms with Crippen LogP contribution < -0.4 is 5.32 Å². The van der Waals surface area contributed by atoms with E-state index in [1.807, 2.05) is 26.0 Å². The maximum absolute atomic E-state index is 12.2. The van der Waals surface area contributed by atoms with Gasteiger partial charge in [-0.2, -0.15) is 0 Å². The van der Waals surface area contributed by atoms with E-state index >= 15 is 0 Å². The van der Waals surface area contributed by atoms with Gasteiger partial charge in [0.1, 0.15) is 0 Å². The Morgan fingerprint density at radius 3 is 2.63 bits per heavy atom. The van der Waals surface area contributed by atoms with Crippen molar-refractivity contribution in [3.63, 3.8) is 0 Å². The molecule has 104 valence electrons. The van der Waals surface area contributed by atoms with Gasteiger partial charge in [0.2, 0.25) is 0 Å². The fourth-order valence-electron chi connectivity index (χ4n) is 2.77. The number of amides is 1. The number of aromatic nitrogens is 1. The van der Waals surface area contributed by atoms with Crippen LogP contribution in [0.3, 0.4) is 0 Å². The highest BCUT2D eigenvalue weighted by molar-refractivity contribution is 9.09. The van der Waals surface area contributed by atoms with Gasteiger partial charge in [0.05, 0.1) is 11.3 Å². The van der Waals surface area contributed by atoms with E-state index in [2.05, 4.69) is 26.2 Å². The predicted molar refractivity (Wildman–Crippen MR) is 80.7 cm³/mol. The summed E-state index contributed by atoms with van der Waals surface area (Å²) in [5.74, 6) is -0.00257. The lowest BCUT2D eigenvalue weighted by Crippen LogP contribution is -2.37. The Morgan fingerprint density at radius 2 is 2.05 bits per heavy atom. The van der Waals surface area contributed by atoms with Crippen LogP contribution in [0.5, 0.6) is 0 Å². The number of rotatable bonds is 4. The Bertz CT molecular complexity index is 467. The van der Waals surface area contributed by atoms with Gasteiger partial charge in [0.15, 0.2) is 0 Å². The third-order valence-corrected chi connectivity index (χ3v) is 5.23. The fraction of sp³-hybridized carbons (Fsp3) is 0.600. The smallest absolute Gasteiger partial charge is 0.253 e. The number of hydrogen-bond acceptors (Lipinski definition) is 2. The van der Waals surface area contributed by atoms with Gasteiger partial charge in [-0.15, -0.1) is 0 Å². The molecule has 4 heteroatoms. The topological polar surface area (TPSA) is 42.0 Å². The summed E-state index contributed by atoms with van der Waals surface area (Å²) in [6.45, 7) is 4.58. The van der Waals surface area contributed by atoms with Crippen molar-refractivity contribution >= 4 is 21.8 Å². The number of halogens is 1. The molecule has 0 unspecified atom stereocenters. The Hall–Kier alpha value is -0.900. The molecule has 1 aliphatic rings. The van der Waals surface area contributed by atoms with Gasteiger partial charge in [-0.3, -0.25) is 9.78 Å². The zero-order valence-corrected chi connectivity index (χ0v) is 13.2. The van der Waals surface area contributed by atoms with E-state index in [0.29, 0.717) is 5.56 Å². The minimum Gasteiger partial charge on any atom is -0.351 e. The third-order valence-electron chi connectivity index (χ3n) is 4.04. The fourth-order valence-corrected chi connectivity index (χ4v) is 3.53. The molecule has 0 atom stereocenters. The van der Waals surface area contributed by atoms with Crippen LogP contribution in [0.2, 0.25) is 0 Å². The first kappa shape index (κ1) is 14.5. The molecule has 1 saturated carbocycles. The van der Waals surface area contributed by atoms with E-state index in [1.54, 1.807) is 0 Å². The highest BCUT2D eigenvalue weighted by atomic mass is 79.9. The molecule has 0 aliphatic heterocycles. The van der Waals surface area contributed by atoms with Crippen LogP contribution in [-0.2, 0) is 0 Å². The van der Waals surface area contributed by atoms with Crippen LogP contribution in [0.4, 0.5) is 0 Å². The molecule has 0 saturated heterocycles. The van der Waals surface area contributed by atoms with Crippen molar-refractivity contribution in [3.05, 3.63) is 29.1 Å². The summed E-state index contributed by atoms with van der Waals surface area (Å²) in [5.41, 5.74) is 2.69. The third kappa shape index (κ3) is 3.35. The van der Waals surface area contributed by atoms with Crippen LogP contribution in [0.15, 0.2) is 12.1 Å². The van der Waals surface area contributed by atoms with Crippen LogP contribution in [0.25, 0.3) is 0 Å². The number of aryl methyl sites for hydroxylation is 2. The highest BCUT2D eigenvalue weighted by Gasteiger charge is 2.33. The summed E-state index contributed by atoms with van der Waals surface area (Å²) < 4.78 is 0. The van der Waals surface area contributed by atoms with E-state index in [9.17, 15) is 4.79 Å². The molecule has 0 spiro atoms. The molecule has 1 N–H and O–H groups in total. The van der Waals surface area contributed by atoms with Crippen LogP contribution in [0, 0.1) is 19.3 Å². The summed E-state index contributed by atoms with van der Waals surface area (Å²) in [4.78, 5) is 16.6. The highest BCUT2D eigenvalue weighted by Crippen LogP contribution is 2.38. The zero-order chi connectivity index (χ0) is 13.9. The second kappa shape index (κ2) is 6.04. The van der Waals surface area contributed by atoms with Crippen molar-refractivity contribution in [3.8, 4) is 0 Å². The monoisotopic (exact) mass is 324 g/mol. The number of nitrogens with one attached hydrogen (secondary N) is 1. The lowest BCUT2D eigenvalue weighted by atomic mass is 9.89. The molecule has 0 radical (unpaired) electrons. The standard InChI is InChI=1S/C15H21BrN2O/c1-11-5-6-13(12(2)18-11)14(19)17-10-15(9-16)7-3-4-8-15/h5-6H,3-4,7-10H2,1-2H3,(H,17,19). The summed E-state index contributed by atoms with van der Waals surface area (Å²) in [5, 5.41) is 4.05. The quantitative estimate of drug-likeness (QED) is 0.862. The zero-order valence-electron chi connectivity index (χ0n) is 11.6. The summed E-state index contributed by atoms with van der Waals surface area (Å²) in [6.07, 6.45) is 4.94. The molecule has 1 amide bonds. The Balaban J connectivity index is 2.01. The van der Waals surface area contributed by atoms with Gasteiger partial charge in [-0.1, -0.05) is 28.8 Å². The van der Waals surface area contributed by atoms with Gasteiger partial charge in [0.25, 0.3) is 5.91 Å². The average molecular weight is 325 g/mol. The molecule has 1 aliphatic carbocycles. The van der Waals surface area contributed by atoms with Crippen molar-refractivity contribution in [1.29, 1.82) is 0 Å². The van der Waals surface area contributed by atoms with E-state index < -0.39 is 0 Å². The van der Waals surface area contributed by atoms with Crippen molar-refractivity contribution in [2.24, 2.45) is 5.41 Å². The van der Waals surface area contributed by atoms with Gasteiger partial charge in [-0.05, 0) is 44.2 Å². The van der Waals surface area contributed by atoms with Crippen molar-refractivity contribution in [1.82, 2.24) is 10.3 Å². The van der Waals surface area contributed by atoms with E-state index in [-0.39, 0.29) is 11.3 Å².